The highest BCUT2D eigenvalue weighted by Gasteiger charge is 2.29. The van der Waals surface area contributed by atoms with Crippen LogP contribution in [-0.2, 0) is 21.1 Å². The summed E-state index contributed by atoms with van der Waals surface area (Å²) in [7, 11) is -4.59. The normalized spacial score (nSPS) is 14.5. The zero-order valence-electron chi connectivity index (χ0n) is 9.98. The molecule has 0 spiro atoms. The Hall–Kier alpha value is -1.63. The molecule has 1 aliphatic heterocycles. The molecule has 1 heterocycles. The van der Waals surface area contributed by atoms with Crippen molar-refractivity contribution in [2.24, 2.45) is 0 Å². The zero-order valence-corrected chi connectivity index (χ0v) is 10.8. The van der Waals surface area contributed by atoms with E-state index in [4.69, 9.17) is 4.65 Å². The summed E-state index contributed by atoms with van der Waals surface area (Å²) in [6.07, 6.45) is 0. The third kappa shape index (κ3) is 2.08. The van der Waals surface area contributed by atoms with Gasteiger partial charge in [0.1, 0.15) is 0 Å². The number of hydrogen-bond acceptors (Lipinski definition) is 4. The molecule has 0 radical (unpaired) electrons. The van der Waals surface area contributed by atoms with Gasteiger partial charge in [-0.1, -0.05) is 24.3 Å². The number of benzene rings is 2. The fourth-order valence-corrected chi connectivity index (χ4v) is 3.41. The molecular formula is C13H11BO4S. The molecule has 96 valence electrons. The maximum Gasteiger partial charge on any atom is 0.491 e. The van der Waals surface area contributed by atoms with Crippen LogP contribution in [0, 0.1) is 0 Å². The Morgan fingerprint density at radius 3 is 2.53 bits per heavy atom. The minimum Gasteiger partial charge on any atom is -0.423 e. The minimum absolute atomic E-state index is 0.169. The van der Waals surface area contributed by atoms with Gasteiger partial charge in [-0.2, -0.15) is 0 Å². The molecular weight excluding hydrogens is 263 g/mol. The second kappa shape index (κ2) is 4.49. The summed E-state index contributed by atoms with van der Waals surface area (Å²) in [5.41, 5.74) is 1.34. The Bertz CT molecular complexity index is 713. The fourth-order valence-electron chi connectivity index (χ4n) is 2.10. The van der Waals surface area contributed by atoms with Crippen molar-refractivity contribution in [3.63, 3.8) is 0 Å². The van der Waals surface area contributed by atoms with Crippen molar-refractivity contribution in [1.29, 1.82) is 0 Å². The van der Waals surface area contributed by atoms with Crippen molar-refractivity contribution in [2.75, 3.05) is 0 Å². The molecule has 1 aliphatic rings. The predicted molar refractivity (Wildman–Crippen MR) is 70.7 cm³/mol. The van der Waals surface area contributed by atoms with Crippen LogP contribution in [-0.4, -0.2) is 20.6 Å². The Kier molecular flexibility index (Phi) is 2.93. The van der Waals surface area contributed by atoms with Crippen molar-refractivity contribution >= 4 is 22.4 Å². The monoisotopic (exact) mass is 274 g/mol. The molecule has 0 amide bonds. The van der Waals surface area contributed by atoms with Gasteiger partial charge >= 0.3 is 7.12 Å². The molecule has 2 aromatic rings. The van der Waals surface area contributed by atoms with E-state index in [1.54, 1.807) is 42.5 Å². The molecule has 2 aromatic carbocycles. The average molecular weight is 274 g/mol. The lowest BCUT2D eigenvalue weighted by molar-refractivity contribution is 0.275. The Balaban J connectivity index is 2.11. The Morgan fingerprint density at radius 1 is 1.05 bits per heavy atom. The quantitative estimate of drug-likeness (QED) is 0.820. The van der Waals surface area contributed by atoms with Gasteiger partial charge in [-0.25, -0.2) is 8.42 Å². The van der Waals surface area contributed by atoms with E-state index in [0.29, 0.717) is 12.1 Å². The lowest BCUT2D eigenvalue weighted by Crippen LogP contribution is -2.28. The standard InChI is InChI=1S/C13H11BO4S/c15-14-13-8-12(7-6-10(13)9-18-14)19(16,17)11-4-2-1-3-5-11/h1-8,15H,9H2. The van der Waals surface area contributed by atoms with Gasteiger partial charge in [0.05, 0.1) is 16.4 Å². The predicted octanol–water partition coefficient (Wildman–Crippen LogP) is 0.737. The zero-order chi connectivity index (χ0) is 13.5. The van der Waals surface area contributed by atoms with Gasteiger partial charge in [0.2, 0.25) is 9.84 Å². The first-order valence-corrected chi connectivity index (χ1v) is 7.30. The maximum absolute atomic E-state index is 12.4. The van der Waals surface area contributed by atoms with Gasteiger partial charge in [-0.3, -0.25) is 0 Å². The number of rotatable bonds is 2. The van der Waals surface area contributed by atoms with Crippen LogP contribution < -0.4 is 5.46 Å². The van der Waals surface area contributed by atoms with Gasteiger partial charge in [0.15, 0.2) is 0 Å². The first kappa shape index (κ1) is 12.4. The third-order valence-corrected chi connectivity index (χ3v) is 4.91. The van der Waals surface area contributed by atoms with Crippen molar-refractivity contribution in [1.82, 2.24) is 0 Å². The van der Waals surface area contributed by atoms with E-state index in [1.807, 2.05) is 0 Å². The average Bonchev–Trinajstić information content (AvgIpc) is 2.81. The first-order valence-electron chi connectivity index (χ1n) is 5.82. The van der Waals surface area contributed by atoms with Crippen molar-refractivity contribution in [2.45, 2.75) is 16.4 Å². The summed E-state index contributed by atoms with van der Waals surface area (Å²) < 4.78 is 29.9. The summed E-state index contributed by atoms with van der Waals surface area (Å²) >= 11 is 0. The largest absolute Gasteiger partial charge is 0.491 e. The van der Waals surface area contributed by atoms with E-state index >= 15 is 0 Å². The molecule has 3 rings (SSSR count). The van der Waals surface area contributed by atoms with Gasteiger partial charge in [0.25, 0.3) is 0 Å². The molecule has 0 unspecified atom stereocenters. The molecule has 0 aromatic heterocycles. The SMILES string of the molecule is O=S(=O)(c1ccccc1)c1ccc2c(c1)B(O)OC2. The van der Waals surface area contributed by atoms with Gasteiger partial charge in [0, 0.05) is 0 Å². The number of sulfone groups is 1. The summed E-state index contributed by atoms with van der Waals surface area (Å²) in [5, 5.41) is 9.63. The molecule has 6 heteroatoms. The highest BCUT2D eigenvalue weighted by molar-refractivity contribution is 7.91. The molecule has 0 saturated heterocycles. The molecule has 1 N–H and O–H groups in total. The van der Waals surface area contributed by atoms with E-state index < -0.39 is 17.0 Å². The van der Waals surface area contributed by atoms with Crippen molar-refractivity contribution in [3.8, 4) is 0 Å². The lowest BCUT2D eigenvalue weighted by atomic mass is 9.80. The van der Waals surface area contributed by atoms with Gasteiger partial charge < -0.3 is 9.68 Å². The molecule has 0 atom stereocenters. The molecule has 4 nitrogen and oxygen atoms in total. The van der Waals surface area contributed by atoms with Crippen LogP contribution in [0.3, 0.4) is 0 Å². The van der Waals surface area contributed by atoms with E-state index in [0.717, 1.165) is 5.56 Å². The lowest BCUT2D eigenvalue weighted by Gasteiger charge is -2.06. The van der Waals surface area contributed by atoms with Gasteiger partial charge in [-0.15, -0.1) is 0 Å². The summed E-state index contributed by atoms with van der Waals surface area (Å²) in [4.78, 5) is 0.408. The summed E-state index contributed by atoms with van der Waals surface area (Å²) in [6.45, 7) is 0.308. The van der Waals surface area contributed by atoms with E-state index in [2.05, 4.69) is 0 Å². The van der Waals surface area contributed by atoms with E-state index in [9.17, 15) is 13.4 Å². The highest BCUT2D eigenvalue weighted by Crippen LogP contribution is 2.21. The smallest absolute Gasteiger partial charge is 0.423 e. The fraction of sp³-hybridized carbons (Fsp3) is 0.0769. The third-order valence-electron chi connectivity index (χ3n) is 3.14. The summed E-state index contributed by atoms with van der Waals surface area (Å²) in [5.74, 6) is 0. The molecule has 0 fully saturated rings. The topological polar surface area (TPSA) is 63.6 Å². The van der Waals surface area contributed by atoms with Crippen LogP contribution in [0.15, 0.2) is 58.3 Å². The minimum atomic E-state index is -3.55. The Morgan fingerprint density at radius 2 is 1.79 bits per heavy atom. The van der Waals surface area contributed by atoms with Crippen LogP contribution in [0.1, 0.15) is 5.56 Å². The highest BCUT2D eigenvalue weighted by atomic mass is 32.2. The first-order chi connectivity index (χ1) is 9.09. The summed E-state index contributed by atoms with van der Waals surface area (Å²) in [6, 6.07) is 12.9. The Labute approximate surface area is 111 Å². The van der Waals surface area contributed by atoms with Crippen LogP contribution >= 0.6 is 0 Å². The number of hydrogen-bond donors (Lipinski definition) is 1. The van der Waals surface area contributed by atoms with Crippen LogP contribution in [0.25, 0.3) is 0 Å². The second-order valence-corrected chi connectivity index (χ2v) is 6.29. The van der Waals surface area contributed by atoms with Gasteiger partial charge in [-0.05, 0) is 35.3 Å². The molecule has 19 heavy (non-hydrogen) atoms. The molecule has 0 bridgehead atoms. The second-order valence-electron chi connectivity index (χ2n) is 4.34. The molecule has 0 saturated carbocycles. The molecule has 0 aliphatic carbocycles. The van der Waals surface area contributed by atoms with Crippen LogP contribution in [0.5, 0.6) is 0 Å². The van der Waals surface area contributed by atoms with Crippen molar-refractivity contribution in [3.05, 3.63) is 54.1 Å². The van der Waals surface area contributed by atoms with Crippen LogP contribution in [0.2, 0.25) is 0 Å². The van der Waals surface area contributed by atoms with Crippen LogP contribution in [0.4, 0.5) is 0 Å². The number of fused-ring (bicyclic) bond motifs is 1. The van der Waals surface area contributed by atoms with Crippen molar-refractivity contribution < 1.29 is 18.1 Å². The van der Waals surface area contributed by atoms with E-state index in [-0.39, 0.29) is 9.79 Å². The van der Waals surface area contributed by atoms with E-state index in [1.165, 1.54) is 6.07 Å². The maximum atomic E-state index is 12.4.